The average Bonchev–Trinajstić information content (AvgIpc) is 3.50. The van der Waals surface area contributed by atoms with Crippen molar-refractivity contribution >= 4 is 51.7 Å². The number of aryl methyl sites for hydroxylation is 1. The van der Waals surface area contributed by atoms with Crippen LogP contribution in [0, 0.1) is 17.4 Å². The molecular weight excluding hydrogens is 685 g/mol. The first-order valence-electron chi connectivity index (χ1n) is 14.2. The summed E-state index contributed by atoms with van der Waals surface area (Å²) in [7, 11) is 1.60. The van der Waals surface area contributed by atoms with Gasteiger partial charge in [-0.25, -0.2) is 9.79 Å². The Labute approximate surface area is 272 Å². The van der Waals surface area contributed by atoms with Crippen molar-refractivity contribution in [3.05, 3.63) is 142 Å². The average molecular weight is 716 g/mol. The first-order chi connectivity index (χ1) is 21.3. The van der Waals surface area contributed by atoms with E-state index in [1.807, 2.05) is 60.7 Å². The number of halogens is 1. The monoisotopic (exact) mass is 715 g/mol. The topological polar surface area (TPSA) is 74.8 Å². The molecule has 0 saturated carbocycles. The minimum absolute atomic E-state index is 0.195. The number of hydrogen-bond acceptors (Lipinski definition) is 6. The van der Waals surface area contributed by atoms with E-state index in [1.54, 1.807) is 18.6 Å². The summed E-state index contributed by atoms with van der Waals surface area (Å²) in [6.45, 7) is 6.08. The number of fused-ring (bicyclic) bond motifs is 1. The normalized spacial score (nSPS) is 14.8. The Kier molecular flexibility index (Phi) is 8.42. The molecule has 0 fully saturated rings. The summed E-state index contributed by atoms with van der Waals surface area (Å²) in [5.74, 6) is 0.167. The number of thiazole rings is 1. The number of carbonyl (C=O) groups excluding carboxylic acids is 1. The summed E-state index contributed by atoms with van der Waals surface area (Å²) >= 11 is 3.62. The Bertz CT molecular complexity index is 2070. The van der Waals surface area contributed by atoms with Gasteiger partial charge in [0.15, 0.2) is 4.80 Å². The lowest BCUT2D eigenvalue weighted by atomic mass is 9.93. The third kappa shape index (κ3) is 5.46. The largest absolute Gasteiger partial charge is 0.497 e. The highest BCUT2D eigenvalue weighted by Crippen LogP contribution is 2.35. The van der Waals surface area contributed by atoms with Crippen LogP contribution in [0.5, 0.6) is 5.75 Å². The Balaban J connectivity index is 1.59. The SMILES string of the molecule is CCOC(=O)C1=C(c2ccccc2)N=c2s/c(=C\c3cc(C)n(-c4ccc(I)cc4)c3C)c(=O)n2[C@@H]1c1ccc(OC)cc1. The van der Waals surface area contributed by atoms with E-state index >= 15 is 0 Å². The van der Waals surface area contributed by atoms with Crippen LogP contribution in [0.1, 0.15) is 41.0 Å². The lowest BCUT2D eigenvalue weighted by molar-refractivity contribution is -0.138. The number of methoxy groups -OCH3 is 1. The quantitative estimate of drug-likeness (QED) is 0.154. The minimum atomic E-state index is -0.743. The molecule has 0 saturated heterocycles. The second-order valence-electron chi connectivity index (χ2n) is 10.3. The van der Waals surface area contributed by atoms with Gasteiger partial charge in [-0.3, -0.25) is 9.36 Å². The van der Waals surface area contributed by atoms with Crippen LogP contribution in [0.25, 0.3) is 17.5 Å². The van der Waals surface area contributed by atoms with Gasteiger partial charge in [0.05, 0.1) is 35.6 Å². The molecule has 5 aromatic rings. The second kappa shape index (κ2) is 12.4. The van der Waals surface area contributed by atoms with Crippen molar-refractivity contribution in [1.29, 1.82) is 0 Å². The first-order valence-corrected chi connectivity index (χ1v) is 16.1. The molecule has 0 unspecified atom stereocenters. The van der Waals surface area contributed by atoms with Gasteiger partial charge < -0.3 is 14.0 Å². The molecule has 222 valence electrons. The summed E-state index contributed by atoms with van der Waals surface area (Å²) in [6, 6.07) is 26.7. The van der Waals surface area contributed by atoms with E-state index < -0.39 is 12.0 Å². The van der Waals surface area contributed by atoms with Gasteiger partial charge >= 0.3 is 5.97 Å². The number of carbonyl (C=O) groups is 1. The molecule has 44 heavy (non-hydrogen) atoms. The zero-order valence-corrected chi connectivity index (χ0v) is 27.7. The molecule has 0 radical (unpaired) electrons. The number of ether oxygens (including phenoxy) is 2. The standard InChI is InChI=1S/C35H30IN3O4S/c1-5-43-34(41)30-31(23-9-7-6-8-10-23)37-35-39(32(30)24-11-17-28(42-4)18-12-24)33(40)29(44-35)20-25-19-21(2)38(22(25)3)27-15-13-26(36)14-16-27/h6-20,32H,5H2,1-4H3/b29-20-/t32-/m1/s1. The molecule has 3 aromatic carbocycles. The van der Waals surface area contributed by atoms with E-state index in [4.69, 9.17) is 14.5 Å². The van der Waals surface area contributed by atoms with Gasteiger partial charge in [0.25, 0.3) is 5.56 Å². The summed E-state index contributed by atoms with van der Waals surface area (Å²) in [6.07, 6.45) is 1.93. The molecule has 2 aromatic heterocycles. The molecule has 0 spiro atoms. The van der Waals surface area contributed by atoms with E-state index in [-0.39, 0.29) is 12.2 Å². The molecule has 6 rings (SSSR count). The number of nitrogens with zero attached hydrogens (tertiary/aromatic N) is 3. The lowest BCUT2D eigenvalue weighted by Gasteiger charge is -2.26. The highest BCUT2D eigenvalue weighted by molar-refractivity contribution is 14.1. The lowest BCUT2D eigenvalue weighted by Crippen LogP contribution is -2.40. The summed E-state index contributed by atoms with van der Waals surface area (Å²) in [5.41, 5.74) is 6.21. The fourth-order valence-corrected chi connectivity index (χ4v) is 6.96. The van der Waals surface area contributed by atoms with Gasteiger partial charge in [-0.2, -0.15) is 0 Å². The third-order valence-corrected chi connectivity index (χ3v) is 9.35. The van der Waals surface area contributed by atoms with Gasteiger partial charge in [-0.15, -0.1) is 0 Å². The zero-order valence-electron chi connectivity index (χ0n) is 24.7. The Morgan fingerprint density at radius 1 is 1.02 bits per heavy atom. The zero-order chi connectivity index (χ0) is 31.0. The van der Waals surface area contributed by atoms with Crippen LogP contribution >= 0.6 is 33.9 Å². The van der Waals surface area contributed by atoms with Gasteiger partial charge in [0.2, 0.25) is 0 Å². The Morgan fingerprint density at radius 3 is 2.39 bits per heavy atom. The van der Waals surface area contributed by atoms with Crippen molar-refractivity contribution in [2.24, 2.45) is 4.99 Å². The van der Waals surface area contributed by atoms with Crippen LogP contribution in [-0.2, 0) is 9.53 Å². The van der Waals surface area contributed by atoms with E-state index in [9.17, 15) is 9.59 Å². The summed E-state index contributed by atoms with van der Waals surface area (Å²) in [5, 5.41) is 0. The van der Waals surface area contributed by atoms with Crippen molar-refractivity contribution in [3.63, 3.8) is 0 Å². The number of esters is 1. The van der Waals surface area contributed by atoms with Crippen LogP contribution in [0.2, 0.25) is 0 Å². The molecule has 0 bridgehead atoms. The third-order valence-electron chi connectivity index (χ3n) is 7.65. The van der Waals surface area contributed by atoms with Gasteiger partial charge in [-0.05, 0) is 103 Å². The van der Waals surface area contributed by atoms with E-state index in [1.165, 1.54) is 14.9 Å². The Morgan fingerprint density at radius 2 is 1.73 bits per heavy atom. The summed E-state index contributed by atoms with van der Waals surface area (Å²) in [4.78, 5) is 33.4. The highest BCUT2D eigenvalue weighted by atomic mass is 127. The number of rotatable bonds is 7. The molecule has 0 aliphatic carbocycles. The van der Waals surface area contributed by atoms with Crippen molar-refractivity contribution in [3.8, 4) is 11.4 Å². The molecule has 9 heteroatoms. The van der Waals surface area contributed by atoms with Crippen LogP contribution in [0.3, 0.4) is 0 Å². The maximum Gasteiger partial charge on any atom is 0.338 e. The van der Waals surface area contributed by atoms with Gasteiger partial charge in [0.1, 0.15) is 5.75 Å². The van der Waals surface area contributed by atoms with Crippen molar-refractivity contribution in [1.82, 2.24) is 9.13 Å². The molecule has 3 heterocycles. The van der Waals surface area contributed by atoms with Crippen LogP contribution in [-0.4, -0.2) is 28.8 Å². The van der Waals surface area contributed by atoms with Crippen molar-refractivity contribution in [2.45, 2.75) is 26.8 Å². The van der Waals surface area contributed by atoms with Gasteiger partial charge in [0, 0.05) is 26.2 Å². The van der Waals surface area contributed by atoms with Crippen molar-refractivity contribution in [2.75, 3.05) is 13.7 Å². The number of benzene rings is 3. The molecule has 1 aliphatic rings. The number of aromatic nitrogens is 2. The molecular formula is C35H30IN3O4S. The fraction of sp³-hybridized carbons (Fsp3) is 0.171. The van der Waals surface area contributed by atoms with Crippen LogP contribution < -0.4 is 19.6 Å². The van der Waals surface area contributed by atoms with Crippen molar-refractivity contribution < 1.29 is 14.3 Å². The Hall–Kier alpha value is -4.22. The maximum atomic E-state index is 14.3. The first kappa shape index (κ1) is 29.8. The molecule has 0 N–H and O–H groups in total. The van der Waals surface area contributed by atoms with E-state index in [2.05, 4.69) is 71.3 Å². The smallest absolute Gasteiger partial charge is 0.338 e. The molecule has 1 atom stereocenters. The molecule has 7 nitrogen and oxygen atoms in total. The second-order valence-corrected chi connectivity index (χ2v) is 12.6. The molecule has 1 aliphatic heterocycles. The van der Waals surface area contributed by atoms with E-state index in [0.29, 0.717) is 26.4 Å². The van der Waals surface area contributed by atoms with E-state index in [0.717, 1.165) is 33.8 Å². The fourth-order valence-electron chi connectivity index (χ4n) is 5.60. The van der Waals surface area contributed by atoms with Crippen LogP contribution in [0.4, 0.5) is 0 Å². The predicted octanol–water partition coefficient (Wildman–Crippen LogP) is 5.96. The summed E-state index contributed by atoms with van der Waals surface area (Å²) < 4.78 is 16.5. The predicted molar refractivity (Wildman–Crippen MR) is 182 cm³/mol. The molecule has 0 amide bonds. The van der Waals surface area contributed by atoms with Gasteiger partial charge in [-0.1, -0.05) is 53.8 Å². The minimum Gasteiger partial charge on any atom is -0.497 e. The van der Waals surface area contributed by atoms with Crippen LogP contribution in [0.15, 0.2) is 100 Å². The maximum absolute atomic E-state index is 14.3. The highest BCUT2D eigenvalue weighted by Gasteiger charge is 2.35. The number of hydrogen-bond donors (Lipinski definition) is 0.